The van der Waals surface area contributed by atoms with Gasteiger partial charge in [-0.05, 0) is 31.4 Å². The van der Waals surface area contributed by atoms with E-state index in [9.17, 15) is 4.79 Å². The zero-order chi connectivity index (χ0) is 15.8. The summed E-state index contributed by atoms with van der Waals surface area (Å²) in [6.45, 7) is 6.46. The Balaban J connectivity index is 2.67. The molecule has 0 aliphatic heterocycles. The summed E-state index contributed by atoms with van der Waals surface area (Å²) in [5, 5.41) is 3.02. The molecule has 1 amide bonds. The number of para-hydroxylation sites is 1. The number of methoxy groups -OCH3 is 2. The van der Waals surface area contributed by atoms with Crippen molar-refractivity contribution in [3.63, 3.8) is 0 Å². The summed E-state index contributed by atoms with van der Waals surface area (Å²) in [5.41, 5.74) is 0.507. The lowest BCUT2D eigenvalue weighted by atomic mass is 10.0. The predicted molar refractivity (Wildman–Crippen MR) is 85.2 cm³/mol. The van der Waals surface area contributed by atoms with Crippen molar-refractivity contribution < 1.29 is 14.3 Å². The first kappa shape index (κ1) is 17.3. The highest BCUT2D eigenvalue weighted by Gasteiger charge is 2.17. The second-order valence-corrected chi connectivity index (χ2v) is 5.74. The highest BCUT2D eigenvalue weighted by molar-refractivity contribution is 5.97. The topological polar surface area (TPSA) is 47.6 Å². The normalized spacial score (nSPS) is 12.1. The standard InChI is InChI=1S/C17H27NO3/c1-12(2)8-6-9-13(3)18-17(19)14-10-7-11-15(20-4)16(14)21-5/h7,10-13H,6,8-9H2,1-5H3,(H,18,19). The number of benzene rings is 1. The number of nitrogens with one attached hydrogen (secondary N) is 1. The molecule has 0 saturated carbocycles. The molecule has 1 unspecified atom stereocenters. The monoisotopic (exact) mass is 293 g/mol. The second kappa shape index (κ2) is 8.55. The summed E-state index contributed by atoms with van der Waals surface area (Å²) < 4.78 is 10.5. The summed E-state index contributed by atoms with van der Waals surface area (Å²) in [5.74, 6) is 1.62. The van der Waals surface area contributed by atoms with E-state index >= 15 is 0 Å². The molecule has 1 rings (SSSR count). The number of amides is 1. The SMILES string of the molecule is COc1cccc(C(=O)NC(C)CCCC(C)C)c1OC. The van der Waals surface area contributed by atoms with Gasteiger partial charge in [0.25, 0.3) is 5.91 Å². The Labute approximate surface area is 127 Å². The van der Waals surface area contributed by atoms with Gasteiger partial charge in [0.05, 0.1) is 19.8 Å². The summed E-state index contributed by atoms with van der Waals surface area (Å²) in [7, 11) is 3.11. The summed E-state index contributed by atoms with van der Waals surface area (Å²) in [6, 6.07) is 5.46. The average molecular weight is 293 g/mol. The molecule has 0 radical (unpaired) electrons. The van der Waals surface area contributed by atoms with Crippen molar-refractivity contribution in [2.24, 2.45) is 5.92 Å². The zero-order valence-corrected chi connectivity index (χ0v) is 13.7. The van der Waals surface area contributed by atoms with Gasteiger partial charge in [0, 0.05) is 6.04 Å². The first-order valence-electron chi connectivity index (χ1n) is 7.51. The van der Waals surface area contributed by atoms with Gasteiger partial charge >= 0.3 is 0 Å². The highest BCUT2D eigenvalue weighted by Crippen LogP contribution is 2.30. The third-order valence-electron chi connectivity index (χ3n) is 3.44. The lowest BCUT2D eigenvalue weighted by Gasteiger charge is -2.17. The molecule has 0 aliphatic rings. The molecule has 0 fully saturated rings. The van der Waals surface area contributed by atoms with Crippen LogP contribution < -0.4 is 14.8 Å². The molecule has 0 bridgehead atoms. The number of carbonyl (C=O) groups excluding carboxylic acids is 1. The van der Waals surface area contributed by atoms with Gasteiger partial charge in [0.2, 0.25) is 0 Å². The molecule has 21 heavy (non-hydrogen) atoms. The molecule has 0 spiro atoms. The fourth-order valence-corrected chi connectivity index (χ4v) is 2.27. The Morgan fingerprint density at radius 2 is 1.86 bits per heavy atom. The lowest BCUT2D eigenvalue weighted by molar-refractivity contribution is 0.0934. The van der Waals surface area contributed by atoms with Crippen molar-refractivity contribution in [1.29, 1.82) is 0 Å². The molecular weight excluding hydrogens is 266 g/mol. The van der Waals surface area contributed by atoms with Crippen molar-refractivity contribution in [3.05, 3.63) is 23.8 Å². The Kier molecular flexibility index (Phi) is 7.06. The lowest BCUT2D eigenvalue weighted by Crippen LogP contribution is -2.32. The zero-order valence-electron chi connectivity index (χ0n) is 13.7. The maximum Gasteiger partial charge on any atom is 0.255 e. The number of hydrogen-bond donors (Lipinski definition) is 1. The van der Waals surface area contributed by atoms with Crippen molar-refractivity contribution in [2.45, 2.75) is 46.1 Å². The molecule has 0 saturated heterocycles. The third-order valence-corrected chi connectivity index (χ3v) is 3.44. The second-order valence-electron chi connectivity index (χ2n) is 5.74. The minimum atomic E-state index is -0.122. The number of hydrogen-bond acceptors (Lipinski definition) is 3. The first-order valence-corrected chi connectivity index (χ1v) is 7.51. The average Bonchev–Trinajstić information content (AvgIpc) is 2.45. The Bertz CT molecular complexity index is 457. The van der Waals surface area contributed by atoms with Crippen LogP contribution >= 0.6 is 0 Å². The van der Waals surface area contributed by atoms with Crippen LogP contribution in [0.15, 0.2) is 18.2 Å². The Hall–Kier alpha value is -1.71. The number of rotatable bonds is 8. The molecule has 4 heteroatoms. The molecule has 0 aliphatic carbocycles. The highest BCUT2D eigenvalue weighted by atomic mass is 16.5. The van der Waals surface area contributed by atoms with Crippen LogP contribution in [0.3, 0.4) is 0 Å². The first-order chi connectivity index (χ1) is 9.99. The van der Waals surface area contributed by atoms with Crippen molar-refractivity contribution in [2.75, 3.05) is 14.2 Å². The van der Waals surface area contributed by atoms with Crippen LogP contribution in [-0.2, 0) is 0 Å². The molecule has 118 valence electrons. The van der Waals surface area contributed by atoms with Crippen LogP contribution in [-0.4, -0.2) is 26.2 Å². The van der Waals surface area contributed by atoms with Crippen LogP contribution in [0, 0.1) is 5.92 Å². The van der Waals surface area contributed by atoms with Gasteiger partial charge in [0.1, 0.15) is 0 Å². The molecular formula is C17H27NO3. The van der Waals surface area contributed by atoms with Crippen LogP contribution in [0.4, 0.5) is 0 Å². The van der Waals surface area contributed by atoms with Gasteiger partial charge in [-0.15, -0.1) is 0 Å². The van der Waals surface area contributed by atoms with Gasteiger partial charge in [-0.3, -0.25) is 4.79 Å². The van der Waals surface area contributed by atoms with Crippen molar-refractivity contribution in [3.8, 4) is 11.5 Å². The fourth-order valence-electron chi connectivity index (χ4n) is 2.27. The van der Waals surface area contributed by atoms with E-state index in [1.807, 2.05) is 6.92 Å². The van der Waals surface area contributed by atoms with Crippen LogP contribution in [0.5, 0.6) is 11.5 Å². The van der Waals surface area contributed by atoms with Gasteiger partial charge in [-0.1, -0.05) is 32.8 Å². The van der Waals surface area contributed by atoms with Gasteiger partial charge in [0.15, 0.2) is 11.5 Å². The molecule has 1 aromatic carbocycles. The van der Waals surface area contributed by atoms with E-state index in [1.54, 1.807) is 32.4 Å². The maximum absolute atomic E-state index is 12.4. The Morgan fingerprint density at radius 1 is 1.14 bits per heavy atom. The predicted octanol–water partition coefficient (Wildman–Crippen LogP) is 3.65. The fraction of sp³-hybridized carbons (Fsp3) is 0.588. The quantitative estimate of drug-likeness (QED) is 0.796. The van der Waals surface area contributed by atoms with E-state index < -0.39 is 0 Å². The Morgan fingerprint density at radius 3 is 2.43 bits per heavy atom. The third kappa shape index (κ3) is 5.29. The van der Waals surface area contributed by atoms with E-state index in [2.05, 4.69) is 19.2 Å². The van der Waals surface area contributed by atoms with Crippen LogP contribution in [0.2, 0.25) is 0 Å². The van der Waals surface area contributed by atoms with Crippen LogP contribution in [0.1, 0.15) is 50.4 Å². The minimum absolute atomic E-state index is 0.122. The number of ether oxygens (including phenoxy) is 2. The van der Waals surface area contributed by atoms with Crippen molar-refractivity contribution >= 4 is 5.91 Å². The van der Waals surface area contributed by atoms with E-state index in [0.29, 0.717) is 23.0 Å². The molecule has 4 nitrogen and oxygen atoms in total. The van der Waals surface area contributed by atoms with E-state index in [1.165, 1.54) is 6.42 Å². The molecule has 1 atom stereocenters. The molecule has 1 aromatic rings. The summed E-state index contributed by atoms with van der Waals surface area (Å²) in [4.78, 5) is 12.4. The van der Waals surface area contributed by atoms with Crippen LogP contribution in [0.25, 0.3) is 0 Å². The van der Waals surface area contributed by atoms with Gasteiger partial charge < -0.3 is 14.8 Å². The maximum atomic E-state index is 12.4. The van der Waals surface area contributed by atoms with Gasteiger partial charge in [-0.25, -0.2) is 0 Å². The molecule has 1 N–H and O–H groups in total. The molecule has 0 heterocycles. The van der Waals surface area contributed by atoms with Crippen molar-refractivity contribution in [1.82, 2.24) is 5.32 Å². The van der Waals surface area contributed by atoms with E-state index in [0.717, 1.165) is 12.8 Å². The van der Waals surface area contributed by atoms with E-state index in [4.69, 9.17) is 9.47 Å². The molecule has 0 aromatic heterocycles. The summed E-state index contributed by atoms with van der Waals surface area (Å²) >= 11 is 0. The number of carbonyl (C=O) groups is 1. The smallest absolute Gasteiger partial charge is 0.255 e. The summed E-state index contributed by atoms with van der Waals surface area (Å²) in [6.07, 6.45) is 3.28. The minimum Gasteiger partial charge on any atom is -0.493 e. The largest absolute Gasteiger partial charge is 0.493 e. The van der Waals surface area contributed by atoms with E-state index in [-0.39, 0.29) is 11.9 Å². The van der Waals surface area contributed by atoms with Gasteiger partial charge in [-0.2, -0.15) is 0 Å².